The molecule has 0 saturated heterocycles. The van der Waals surface area contributed by atoms with Gasteiger partial charge in [-0.25, -0.2) is 0 Å². The van der Waals surface area contributed by atoms with Crippen LogP contribution in [0.15, 0.2) is 30.3 Å². The van der Waals surface area contributed by atoms with E-state index in [1.165, 1.54) is 0 Å². The summed E-state index contributed by atoms with van der Waals surface area (Å²) >= 11 is 0. The highest BCUT2D eigenvalue weighted by Crippen LogP contribution is 2.61. The highest BCUT2D eigenvalue weighted by molar-refractivity contribution is 5.75. The minimum Gasteiger partial charge on any atom is -0.342 e. The number of carbonyl (C=O) groups excluding carboxylic acids is 1. The van der Waals surface area contributed by atoms with Crippen LogP contribution in [0.4, 0.5) is 13.2 Å². The molecular formula is C21H24F3N3O. The summed E-state index contributed by atoms with van der Waals surface area (Å²) in [4.78, 5) is 11.5. The Hall–Kier alpha value is -2.31. The maximum atomic E-state index is 13.9. The topological polar surface area (TPSA) is 46.9 Å². The zero-order chi connectivity index (χ0) is 20.1. The van der Waals surface area contributed by atoms with Crippen molar-refractivity contribution in [3.05, 3.63) is 52.8 Å². The number of hydrogen-bond acceptors (Lipinski definition) is 2. The van der Waals surface area contributed by atoms with Gasteiger partial charge in [0.1, 0.15) is 5.54 Å². The van der Waals surface area contributed by atoms with Crippen LogP contribution in [0.3, 0.4) is 0 Å². The van der Waals surface area contributed by atoms with Crippen molar-refractivity contribution in [3.8, 4) is 0 Å². The van der Waals surface area contributed by atoms with E-state index >= 15 is 0 Å². The quantitative estimate of drug-likeness (QED) is 0.830. The maximum Gasteiger partial charge on any atom is 0.412 e. The summed E-state index contributed by atoms with van der Waals surface area (Å²) in [6.07, 6.45) is -0.972. The molecule has 0 spiro atoms. The summed E-state index contributed by atoms with van der Waals surface area (Å²) in [5, 5.41) is 6.84. The maximum absolute atomic E-state index is 13.9. The molecule has 0 radical (unpaired) electrons. The van der Waals surface area contributed by atoms with E-state index in [0.717, 1.165) is 43.0 Å². The average molecular weight is 391 g/mol. The van der Waals surface area contributed by atoms with E-state index in [0.29, 0.717) is 12.1 Å². The van der Waals surface area contributed by atoms with Gasteiger partial charge in [0, 0.05) is 37.6 Å². The van der Waals surface area contributed by atoms with E-state index in [9.17, 15) is 18.0 Å². The van der Waals surface area contributed by atoms with E-state index in [4.69, 9.17) is 0 Å². The Balaban J connectivity index is 1.74. The van der Waals surface area contributed by atoms with Crippen molar-refractivity contribution < 1.29 is 18.0 Å². The van der Waals surface area contributed by atoms with Crippen molar-refractivity contribution in [2.75, 3.05) is 0 Å². The molecule has 1 N–H and O–H groups in total. The molecule has 1 aromatic heterocycles. The fourth-order valence-electron chi connectivity index (χ4n) is 4.52. The van der Waals surface area contributed by atoms with Crippen molar-refractivity contribution in [2.24, 2.45) is 7.05 Å². The van der Waals surface area contributed by atoms with Crippen LogP contribution in [-0.2, 0) is 18.3 Å². The number of nitrogens with one attached hydrogen (secondary N) is 1. The third-order valence-corrected chi connectivity index (χ3v) is 6.13. The van der Waals surface area contributed by atoms with Gasteiger partial charge in [-0.1, -0.05) is 36.8 Å². The number of halogens is 3. The van der Waals surface area contributed by atoms with Gasteiger partial charge in [0.15, 0.2) is 0 Å². The number of carbonyl (C=O) groups is 1. The number of benzene rings is 1. The Labute approximate surface area is 162 Å². The van der Waals surface area contributed by atoms with Crippen molar-refractivity contribution >= 4 is 5.91 Å². The molecule has 1 heterocycles. The van der Waals surface area contributed by atoms with E-state index in [-0.39, 0.29) is 12.3 Å². The smallest absolute Gasteiger partial charge is 0.342 e. The van der Waals surface area contributed by atoms with E-state index in [1.54, 1.807) is 11.7 Å². The molecule has 2 aromatic rings. The van der Waals surface area contributed by atoms with Crippen LogP contribution in [0, 0.1) is 0 Å². The fourth-order valence-corrected chi connectivity index (χ4v) is 4.52. The highest BCUT2D eigenvalue weighted by atomic mass is 19.4. The molecule has 0 bridgehead atoms. The number of aromatic nitrogens is 2. The second kappa shape index (κ2) is 6.64. The molecule has 2 fully saturated rings. The molecule has 4 rings (SSSR count). The molecule has 2 aliphatic carbocycles. The lowest BCUT2D eigenvalue weighted by Crippen LogP contribution is -2.48. The summed E-state index contributed by atoms with van der Waals surface area (Å²) in [7, 11) is 1.72. The van der Waals surface area contributed by atoms with Crippen molar-refractivity contribution in [1.82, 2.24) is 15.1 Å². The van der Waals surface area contributed by atoms with E-state index < -0.39 is 23.5 Å². The van der Waals surface area contributed by atoms with Crippen LogP contribution in [0.2, 0.25) is 0 Å². The Morgan fingerprint density at radius 1 is 1.29 bits per heavy atom. The molecular weight excluding hydrogens is 367 g/mol. The zero-order valence-corrected chi connectivity index (χ0v) is 16.0. The van der Waals surface area contributed by atoms with Gasteiger partial charge in [0.2, 0.25) is 5.91 Å². The first kappa shape index (κ1) is 19.0. The normalized spacial score (nSPS) is 24.7. The Kier molecular flexibility index (Phi) is 4.51. The second-order valence-electron chi connectivity index (χ2n) is 8.07. The average Bonchev–Trinajstić information content (AvgIpc) is 3.19. The number of nitrogens with zero attached hydrogens (tertiary/aromatic N) is 2. The van der Waals surface area contributed by atoms with Gasteiger partial charge in [-0.05, 0) is 30.7 Å². The van der Waals surface area contributed by atoms with Crippen molar-refractivity contribution in [2.45, 2.75) is 62.6 Å². The van der Waals surface area contributed by atoms with Crippen LogP contribution in [0.1, 0.15) is 67.0 Å². The van der Waals surface area contributed by atoms with Gasteiger partial charge in [-0.15, -0.1) is 0 Å². The van der Waals surface area contributed by atoms with Gasteiger partial charge < -0.3 is 5.32 Å². The Bertz CT molecular complexity index is 886. The van der Waals surface area contributed by atoms with Gasteiger partial charge in [0.05, 0.1) is 5.69 Å². The standard InChI is InChI=1S/C21H24F3N3O/c1-13(28)25-20(21(22,23)24)12-16(20)19-18(15-9-6-10-15)17(26-27(19)2)11-14-7-4-3-5-8-14/h3-5,7-8,15-16H,6,9-12H2,1-2H3,(H,25,28). The monoisotopic (exact) mass is 391 g/mol. The van der Waals surface area contributed by atoms with Gasteiger partial charge in [0.25, 0.3) is 0 Å². The third kappa shape index (κ3) is 3.10. The van der Waals surface area contributed by atoms with Gasteiger partial charge >= 0.3 is 6.18 Å². The van der Waals surface area contributed by atoms with Crippen LogP contribution >= 0.6 is 0 Å². The Morgan fingerprint density at radius 2 is 1.96 bits per heavy atom. The molecule has 2 saturated carbocycles. The minimum absolute atomic E-state index is 0.125. The van der Waals surface area contributed by atoms with Gasteiger partial charge in [-0.2, -0.15) is 18.3 Å². The zero-order valence-electron chi connectivity index (χ0n) is 16.0. The molecule has 1 aromatic carbocycles. The first-order chi connectivity index (χ1) is 13.2. The molecule has 2 unspecified atom stereocenters. The summed E-state index contributed by atoms with van der Waals surface area (Å²) in [5.41, 5.74) is 1.39. The SMILES string of the molecule is CC(=O)NC1(C(F)(F)F)CC1c1c(C2CCC2)c(Cc2ccccc2)nn1C. The largest absolute Gasteiger partial charge is 0.412 e. The van der Waals surface area contributed by atoms with E-state index in [1.807, 2.05) is 30.3 Å². The molecule has 2 aliphatic rings. The summed E-state index contributed by atoms with van der Waals surface area (Å²) < 4.78 is 43.2. The minimum atomic E-state index is -4.50. The predicted octanol–water partition coefficient (Wildman–Crippen LogP) is 4.20. The summed E-state index contributed by atoms with van der Waals surface area (Å²) in [5.74, 6) is -1.18. The predicted molar refractivity (Wildman–Crippen MR) is 99.0 cm³/mol. The molecule has 4 nitrogen and oxygen atoms in total. The fraction of sp³-hybridized carbons (Fsp3) is 0.524. The lowest BCUT2D eigenvalue weighted by molar-refractivity contribution is -0.171. The summed E-state index contributed by atoms with van der Waals surface area (Å²) in [6.45, 7) is 1.14. The van der Waals surface area contributed by atoms with Crippen LogP contribution < -0.4 is 5.32 Å². The molecule has 28 heavy (non-hydrogen) atoms. The summed E-state index contributed by atoms with van der Waals surface area (Å²) in [6, 6.07) is 9.86. The first-order valence-corrected chi connectivity index (χ1v) is 9.68. The van der Waals surface area contributed by atoms with E-state index in [2.05, 4.69) is 10.4 Å². The van der Waals surface area contributed by atoms with Crippen LogP contribution in [-0.4, -0.2) is 27.4 Å². The number of rotatable bonds is 5. The highest BCUT2D eigenvalue weighted by Gasteiger charge is 2.73. The number of hydrogen-bond donors (Lipinski definition) is 1. The molecule has 7 heteroatoms. The molecule has 150 valence electrons. The number of aryl methyl sites for hydroxylation is 1. The third-order valence-electron chi connectivity index (χ3n) is 6.13. The van der Waals surface area contributed by atoms with Crippen molar-refractivity contribution in [1.29, 1.82) is 0 Å². The molecule has 1 amide bonds. The molecule has 2 atom stereocenters. The van der Waals surface area contributed by atoms with Crippen LogP contribution in [0.5, 0.6) is 0 Å². The second-order valence-corrected chi connectivity index (χ2v) is 8.07. The first-order valence-electron chi connectivity index (χ1n) is 9.68. The Morgan fingerprint density at radius 3 is 2.50 bits per heavy atom. The van der Waals surface area contributed by atoms with Gasteiger partial charge in [-0.3, -0.25) is 9.48 Å². The number of amides is 1. The molecule has 0 aliphatic heterocycles. The number of alkyl halides is 3. The lowest BCUT2D eigenvalue weighted by atomic mass is 9.77. The van der Waals surface area contributed by atoms with Crippen molar-refractivity contribution in [3.63, 3.8) is 0 Å². The lowest BCUT2D eigenvalue weighted by Gasteiger charge is -2.28. The van der Waals surface area contributed by atoms with Crippen LogP contribution in [0.25, 0.3) is 0 Å².